The topological polar surface area (TPSA) is 34.2 Å². The Morgan fingerprint density at radius 1 is 1.44 bits per heavy atom. The number of ether oxygens (including phenoxy) is 1. The Bertz CT molecular complexity index is 552. The smallest absolute Gasteiger partial charge is 0.0907 e. The van der Waals surface area contributed by atoms with Gasteiger partial charge in [0.1, 0.15) is 0 Å². The standard InChI is InChI=1S/C14H18N2OS/c1-9-7-12(5-6-17-9)16-11-3-4-13-14(8-11)18-10(2)15-13/h3-4,8-9,12,16H,5-7H2,1-2H3. The second-order valence-electron chi connectivity index (χ2n) is 4.96. The van der Waals surface area contributed by atoms with E-state index in [1.807, 2.05) is 0 Å². The van der Waals surface area contributed by atoms with Crippen LogP contribution in [0, 0.1) is 6.92 Å². The lowest BCUT2D eigenvalue weighted by Gasteiger charge is -2.28. The second-order valence-corrected chi connectivity index (χ2v) is 6.20. The van der Waals surface area contributed by atoms with Gasteiger partial charge in [-0.05, 0) is 44.9 Å². The Morgan fingerprint density at radius 3 is 3.17 bits per heavy atom. The zero-order valence-corrected chi connectivity index (χ0v) is 11.6. The van der Waals surface area contributed by atoms with E-state index >= 15 is 0 Å². The van der Waals surface area contributed by atoms with Gasteiger partial charge in [-0.1, -0.05) is 0 Å². The third-order valence-electron chi connectivity index (χ3n) is 3.35. The summed E-state index contributed by atoms with van der Waals surface area (Å²) in [5.41, 5.74) is 2.30. The molecular formula is C14H18N2OS. The van der Waals surface area contributed by atoms with Gasteiger partial charge in [-0.3, -0.25) is 0 Å². The molecule has 1 N–H and O–H groups in total. The molecule has 1 aliphatic rings. The Morgan fingerprint density at radius 2 is 2.33 bits per heavy atom. The van der Waals surface area contributed by atoms with E-state index < -0.39 is 0 Å². The van der Waals surface area contributed by atoms with Crippen molar-refractivity contribution in [3.63, 3.8) is 0 Å². The van der Waals surface area contributed by atoms with Gasteiger partial charge in [0, 0.05) is 18.3 Å². The molecule has 3 nitrogen and oxygen atoms in total. The second kappa shape index (κ2) is 4.86. The maximum Gasteiger partial charge on any atom is 0.0907 e. The van der Waals surface area contributed by atoms with E-state index in [4.69, 9.17) is 4.74 Å². The van der Waals surface area contributed by atoms with E-state index in [-0.39, 0.29) is 0 Å². The van der Waals surface area contributed by atoms with E-state index in [9.17, 15) is 0 Å². The van der Waals surface area contributed by atoms with Gasteiger partial charge in [0.05, 0.1) is 21.3 Å². The number of aromatic nitrogens is 1. The van der Waals surface area contributed by atoms with Crippen LogP contribution in [0.5, 0.6) is 0 Å². The van der Waals surface area contributed by atoms with Gasteiger partial charge in [-0.2, -0.15) is 0 Å². The van der Waals surface area contributed by atoms with Crippen molar-refractivity contribution in [3.8, 4) is 0 Å². The van der Waals surface area contributed by atoms with Crippen LogP contribution in [0.2, 0.25) is 0 Å². The number of nitrogens with one attached hydrogen (secondary N) is 1. The summed E-state index contributed by atoms with van der Waals surface area (Å²) < 4.78 is 6.83. The molecule has 4 heteroatoms. The molecule has 0 radical (unpaired) electrons. The molecule has 0 spiro atoms. The molecule has 1 aliphatic heterocycles. The SMILES string of the molecule is Cc1nc2ccc(NC3CCOC(C)C3)cc2s1. The highest BCUT2D eigenvalue weighted by Gasteiger charge is 2.19. The fourth-order valence-electron chi connectivity index (χ4n) is 2.49. The Balaban J connectivity index is 1.77. The number of hydrogen-bond acceptors (Lipinski definition) is 4. The van der Waals surface area contributed by atoms with Crippen LogP contribution in [0.1, 0.15) is 24.8 Å². The molecule has 0 saturated carbocycles. The van der Waals surface area contributed by atoms with E-state index in [1.54, 1.807) is 11.3 Å². The number of anilines is 1. The summed E-state index contributed by atoms with van der Waals surface area (Å²) in [5.74, 6) is 0. The molecule has 96 valence electrons. The first kappa shape index (κ1) is 11.9. The molecule has 1 aromatic heterocycles. The summed E-state index contributed by atoms with van der Waals surface area (Å²) in [6, 6.07) is 6.96. The zero-order valence-electron chi connectivity index (χ0n) is 10.8. The lowest BCUT2D eigenvalue weighted by Crippen LogP contribution is -2.32. The highest BCUT2D eigenvalue weighted by atomic mass is 32.1. The maximum absolute atomic E-state index is 5.57. The maximum atomic E-state index is 5.57. The van der Waals surface area contributed by atoms with Crippen LogP contribution in [0.25, 0.3) is 10.2 Å². The lowest BCUT2D eigenvalue weighted by molar-refractivity contribution is 0.0232. The van der Waals surface area contributed by atoms with E-state index in [1.165, 1.54) is 10.4 Å². The van der Waals surface area contributed by atoms with Crippen molar-refractivity contribution in [2.24, 2.45) is 0 Å². The van der Waals surface area contributed by atoms with Gasteiger partial charge in [-0.25, -0.2) is 4.98 Å². The number of aryl methyl sites for hydroxylation is 1. The van der Waals surface area contributed by atoms with E-state index in [0.29, 0.717) is 12.1 Å². The van der Waals surface area contributed by atoms with Crippen LogP contribution in [0.3, 0.4) is 0 Å². The molecule has 0 amide bonds. The van der Waals surface area contributed by atoms with Crippen LogP contribution >= 0.6 is 11.3 Å². The number of fused-ring (bicyclic) bond motifs is 1. The van der Waals surface area contributed by atoms with Crippen LogP contribution < -0.4 is 5.32 Å². The molecule has 2 heterocycles. The first-order chi connectivity index (χ1) is 8.70. The summed E-state index contributed by atoms with van der Waals surface area (Å²) in [6.07, 6.45) is 2.54. The fraction of sp³-hybridized carbons (Fsp3) is 0.500. The Hall–Kier alpha value is -1.13. The van der Waals surface area contributed by atoms with Crippen LogP contribution in [0.15, 0.2) is 18.2 Å². The minimum Gasteiger partial charge on any atom is -0.382 e. The summed E-state index contributed by atoms with van der Waals surface area (Å²) >= 11 is 1.75. The Kier molecular flexibility index (Phi) is 3.22. The average Bonchev–Trinajstić information content (AvgIpc) is 2.68. The number of hydrogen-bond donors (Lipinski definition) is 1. The van der Waals surface area contributed by atoms with Crippen molar-refractivity contribution < 1.29 is 4.74 Å². The van der Waals surface area contributed by atoms with E-state index in [0.717, 1.165) is 30.0 Å². The lowest BCUT2D eigenvalue weighted by atomic mass is 10.0. The largest absolute Gasteiger partial charge is 0.382 e. The zero-order chi connectivity index (χ0) is 12.5. The van der Waals surface area contributed by atoms with E-state index in [2.05, 4.69) is 42.3 Å². The summed E-state index contributed by atoms with van der Waals surface area (Å²) in [4.78, 5) is 4.48. The minimum absolute atomic E-state index is 0.366. The third kappa shape index (κ3) is 2.49. The molecule has 2 aromatic rings. The van der Waals surface area contributed by atoms with Crippen molar-refractivity contribution in [2.45, 2.75) is 38.8 Å². The van der Waals surface area contributed by atoms with Gasteiger partial charge in [-0.15, -0.1) is 11.3 Å². The molecule has 0 bridgehead atoms. The van der Waals surface area contributed by atoms with Crippen LogP contribution in [-0.2, 0) is 4.74 Å². The first-order valence-corrected chi connectivity index (χ1v) is 7.28. The number of thiazole rings is 1. The number of nitrogens with zero attached hydrogens (tertiary/aromatic N) is 1. The van der Waals surface area contributed by atoms with Gasteiger partial charge < -0.3 is 10.1 Å². The van der Waals surface area contributed by atoms with Crippen molar-refractivity contribution in [3.05, 3.63) is 23.2 Å². The van der Waals surface area contributed by atoms with Gasteiger partial charge in [0.2, 0.25) is 0 Å². The molecular weight excluding hydrogens is 244 g/mol. The fourth-order valence-corrected chi connectivity index (χ4v) is 3.36. The van der Waals surface area contributed by atoms with Crippen molar-refractivity contribution in [2.75, 3.05) is 11.9 Å². The number of rotatable bonds is 2. The first-order valence-electron chi connectivity index (χ1n) is 6.46. The molecule has 1 aromatic carbocycles. The highest BCUT2D eigenvalue weighted by Crippen LogP contribution is 2.26. The molecule has 3 rings (SSSR count). The van der Waals surface area contributed by atoms with Gasteiger partial charge >= 0.3 is 0 Å². The van der Waals surface area contributed by atoms with Crippen LogP contribution in [0.4, 0.5) is 5.69 Å². The Labute approximate surface area is 111 Å². The predicted molar refractivity (Wildman–Crippen MR) is 76.4 cm³/mol. The molecule has 1 fully saturated rings. The minimum atomic E-state index is 0.366. The van der Waals surface area contributed by atoms with Crippen molar-refractivity contribution in [1.82, 2.24) is 4.98 Å². The molecule has 18 heavy (non-hydrogen) atoms. The van der Waals surface area contributed by atoms with Crippen molar-refractivity contribution in [1.29, 1.82) is 0 Å². The molecule has 0 aliphatic carbocycles. The molecule has 2 atom stereocenters. The highest BCUT2D eigenvalue weighted by molar-refractivity contribution is 7.18. The predicted octanol–water partition coefficient (Wildman–Crippen LogP) is 3.58. The van der Waals surface area contributed by atoms with Crippen LogP contribution in [-0.4, -0.2) is 23.7 Å². The van der Waals surface area contributed by atoms with Gasteiger partial charge in [0.15, 0.2) is 0 Å². The summed E-state index contributed by atoms with van der Waals surface area (Å²) in [5, 5.41) is 4.74. The summed E-state index contributed by atoms with van der Waals surface area (Å²) in [7, 11) is 0. The summed E-state index contributed by atoms with van der Waals surface area (Å²) in [6.45, 7) is 5.06. The molecule has 2 unspecified atom stereocenters. The molecule has 1 saturated heterocycles. The van der Waals surface area contributed by atoms with Gasteiger partial charge in [0.25, 0.3) is 0 Å². The van der Waals surface area contributed by atoms with Crippen molar-refractivity contribution >= 4 is 27.2 Å². The average molecular weight is 262 g/mol. The normalized spacial score (nSPS) is 24.3. The quantitative estimate of drug-likeness (QED) is 0.898. The third-order valence-corrected chi connectivity index (χ3v) is 4.28. The monoisotopic (exact) mass is 262 g/mol. The number of benzene rings is 1.